The lowest BCUT2D eigenvalue weighted by Gasteiger charge is -2.06. The van der Waals surface area contributed by atoms with Gasteiger partial charge in [0.2, 0.25) is 0 Å². The van der Waals surface area contributed by atoms with Gasteiger partial charge in [-0.3, -0.25) is 0 Å². The third-order valence-corrected chi connectivity index (χ3v) is 4.52. The van der Waals surface area contributed by atoms with Crippen LogP contribution in [0.2, 0.25) is 0 Å². The number of hydrogen-bond acceptors (Lipinski definition) is 3. The number of aromatic nitrogens is 2. The van der Waals surface area contributed by atoms with E-state index in [4.69, 9.17) is 0 Å². The molecule has 1 aromatic heterocycles. The van der Waals surface area contributed by atoms with Crippen LogP contribution in [0.4, 0.5) is 0 Å². The molecule has 1 aromatic carbocycles. The summed E-state index contributed by atoms with van der Waals surface area (Å²) in [5.74, 6) is 0. The predicted octanol–water partition coefficient (Wildman–Crippen LogP) is 3.85. The second-order valence-electron chi connectivity index (χ2n) is 3.55. The Bertz CT molecular complexity index is 514. The molecule has 0 N–H and O–H groups in total. The quantitative estimate of drug-likeness (QED) is 0.612. The molecule has 2 nitrogen and oxygen atoms in total. The van der Waals surface area contributed by atoms with Crippen molar-refractivity contribution in [3.8, 4) is 0 Å². The molecule has 0 spiro atoms. The number of nitrogens with zero attached hydrogens (tertiary/aromatic N) is 2. The van der Waals surface area contributed by atoms with Gasteiger partial charge in [0, 0.05) is 11.1 Å². The minimum Gasteiger partial charge on any atom is -0.244 e. The Hall–Kier alpha value is -0.620. The molecular formula is C12H11IN2S. The highest BCUT2D eigenvalue weighted by Gasteiger charge is 2.05. The molecular weight excluding hydrogens is 331 g/mol. The zero-order chi connectivity index (χ0) is 11.5. The van der Waals surface area contributed by atoms with E-state index in [9.17, 15) is 0 Å². The van der Waals surface area contributed by atoms with E-state index in [-0.39, 0.29) is 0 Å². The zero-order valence-corrected chi connectivity index (χ0v) is 12.0. The Labute approximate surface area is 113 Å². The van der Waals surface area contributed by atoms with Crippen molar-refractivity contribution in [2.75, 3.05) is 0 Å². The number of rotatable bonds is 2. The van der Waals surface area contributed by atoms with Gasteiger partial charge in [0.15, 0.2) is 0 Å². The van der Waals surface area contributed by atoms with Gasteiger partial charge in [0.25, 0.3) is 0 Å². The molecule has 0 radical (unpaired) electrons. The van der Waals surface area contributed by atoms with Gasteiger partial charge >= 0.3 is 0 Å². The van der Waals surface area contributed by atoms with E-state index in [1.165, 1.54) is 16.0 Å². The lowest BCUT2D eigenvalue weighted by atomic mass is 10.2. The first-order valence-electron chi connectivity index (χ1n) is 4.87. The van der Waals surface area contributed by atoms with Gasteiger partial charge in [-0.25, -0.2) is 9.97 Å². The minimum absolute atomic E-state index is 1.02. The molecule has 82 valence electrons. The van der Waals surface area contributed by atoms with Crippen LogP contribution in [0.1, 0.15) is 11.1 Å². The summed E-state index contributed by atoms with van der Waals surface area (Å²) in [6, 6.07) is 6.47. The highest BCUT2D eigenvalue weighted by molar-refractivity contribution is 14.1. The van der Waals surface area contributed by atoms with E-state index < -0.39 is 0 Å². The molecule has 0 atom stereocenters. The molecule has 16 heavy (non-hydrogen) atoms. The molecule has 0 unspecified atom stereocenters. The summed E-state index contributed by atoms with van der Waals surface area (Å²) in [5.41, 5.74) is 2.58. The zero-order valence-electron chi connectivity index (χ0n) is 9.07. The van der Waals surface area contributed by atoms with Crippen molar-refractivity contribution in [3.05, 3.63) is 45.4 Å². The summed E-state index contributed by atoms with van der Waals surface area (Å²) in [6.45, 7) is 4.24. The van der Waals surface area contributed by atoms with Crippen LogP contribution in [0.3, 0.4) is 0 Å². The van der Waals surface area contributed by atoms with Gasteiger partial charge in [-0.1, -0.05) is 29.5 Å². The van der Waals surface area contributed by atoms with Crippen molar-refractivity contribution < 1.29 is 0 Å². The van der Waals surface area contributed by atoms with Gasteiger partial charge in [-0.2, -0.15) is 0 Å². The molecule has 1 heterocycles. The molecule has 0 bridgehead atoms. The Morgan fingerprint density at radius 2 is 2.06 bits per heavy atom. The second-order valence-corrected chi connectivity index (χ2v) is 5.74. The van der Waals surface area contributed by atoms with E-state index in [0.29, 0.717) is 0 Å². The number of aryl methyl sites for hydroxylation is 2. The Morgan fingerprint density at radius 3 is 2.75 bits per heavy atom. The predicted molar refractivity (Wildman–Crippen MR) is 74.8 cm³/mol. The summed E-state index contributed by atoms with van der Waals surface area (Å²) < 4.78 is 1.09. The third-order valence-electron chi connectivity index (χ3n) is 2.17. The smallest absolute Gasteiger partial charge is 0.118 e. The van der Waals surface area contributed by atoms with Crippen LogP contribution in [0.25, 0.3) is 0 Å². The summed E-state index contributed by atoms with van der Waals surface area (Å²) in [5, 5.41) is 1.02. The molecule has 2 aromatic rings. The summed E-state index contributed by atoms with van der Waals surface area (Å²) in [6.07, 6.45) is 3.42. The Kier molecular flexibility index (Phi) is 3.81. The SMILES string of the molecule is Cc1ccc(Sc2ncncc2I)c(C)c1. The maximum atomic E-state index is 4.28. The molecule has 0 aliphatic rings. The summed E-state index contributed by atoms with van der Waals surface area (Å²) in [7, 11) is 0. The molecule has 4 heteroatoms. The summed E-state index contributed by atoms with van der Waals surface area (Å²) >= 11 is 3.95. The first kappa shape index (κ1) is 11.9. The van der Waals surface area contributed by atoms with E-state index in [0.717, 1.165) is 8.60 Å². The highest BCUT2D eigenvalue weighted by Crippen LogP contribution is 2.31. The third kappa shape index (κ3) is 2.74. The van der Waals surface area contributed by atoms with Crippen LogP contribution in [-0.2, 0) is 0 Å². The Balaban J connectivity index is 2.31. The lowest BCUT2D eigenvalue weighted by Crippen LogP contribution is -1.88. The number of halogens is 1. The standard InChI is InChI=1S/C12H11IN2S/c1-8-3-4-11(9(2)5-8)16-12-10(13)6-14-7-15-12/h3-7H,1-2H3. The fourth-order valence-corrected chi connectivity index (χ4v) is 2.84. The molecule has 0 fully saturated rings. The molecule has 0 aliphatic carbocycles. The van der Waals surface area contributed by atoms with E-state index in [1.54, 1.807) is 18.1 Å². The first-order valence-corrected chi connectivity index (χ1v) is 6.77. The molecule has 0 aliphatic heterocycles. The van der Waals surface area contributed by atoms with Crippen molar-refractivity contribution in [2.24, 2.45) is 0 Å². The number of benzene rings is 1. The van der Waals surface area contributed by atoms with E-state index in [2.05, 4.69) is 64.6 Å². The van der Waals surface area contributed by atoms with Crippen molar-refractivity contribution in [3.63, 3.8) is 0 Å². The Morgan fingerprint density at radius 1 is 1.25 bits per heavy atom. The fraction of sp³-hybridized carbons (Fsp3) is 0.167. The lowest BCUT2D eigenvalue weighted by molar-refractivity contribution is 1.02. The molecule has 0 saturated heterocycles. The van der Waals surface area contributed by atoms with Crippen molar-refractivity contribution in [2.45, 2.75) is 23.8 Å². The fourth-order valence-electron chi connectivity index (χ4n) is 1.39. The topological polar surface area (TPSA) is 25.8 Å². The monoisotopic (exact) mass is 342 g/mol. The van der Waals surface area contributed by atoms with E-state index in [1.807, 2.05) is 6.20 Å². The average Bonchev–Trinajstić information content (AvgIpc) is 2.25. The van der Waals surface area contributed by atoms with Gasteiger partial charge < -0.3 is 0 Å². The van der Waals surface area contributed by atoms with Crippen molar-refractivity contribution >= 4 is 34.4 Å². The maximum absolute atomic E-state index is 4.28. The van der Waals surface area contributed by atoms with Crippen molar-refractivity contribution in [1.82, 2.24) is 9.97 Å². The van der Waals surface area contributed by atoms with Gasteiger partial charge in [-0.05, 0) is 48.1 Å². The average molecular weight is 342 g/mol. The van der Waals surface area contributed by atoms with Gasteiger partial charge in [-0.15, -0.1) is 0 Å². The van der Waals surface area contributed by atoms with Crippen molar-refractivity contribution in [1.29, 1.82) is 0 Å². The molecule has 0 saturated carbocycles. The summed E-state index contributed by atoms with van der Waals surface area (Å²) in [4.78, 5) is 9.52. The van der Waals surface area contributed by atoms with Gasteiger partial charge in [0.1, 0.15) is 11.4 Å². The van der Waals surface area contributed by atoms with Crippen LogP contribution >= 0.6 is 34.4 Å². The van der Waals surface area contributed by atoms with E-state index >= 15 is 0 Å². The highest BCUT2D eigenvalue weighted by atomic mass is 127. The normalized spacial score (nSPS) is 10.4. The van der Waals surface area contributed by atoms with Crippen LogP contribution < -0.4 is 0 Å². The van der Waals surface area contributed by atoms with Crippen LogP contribution in [-0.4, -0.2) is 9.97 Å². The number of hydrogen-bond donors (Lipinski definition) is 0. The minimum atomic E-state index is 1.02. The molecule has 2 rings (SSSR count). The van der Waals surface area contributed by atoms with Crippen LogP contribution in [0.5, 0.6) is 0 Å². The largest absolute Gasteiger partial charge is 0.244 e. The van der Waals surface area contributed by atoms with Crippen LogP contribution in [0.15, 0.2) is 40.6 Å². The van der Waals surface area contributed by atoms with Gasteiger partial charge in [0.05, 0.1) is 3.57 Å². The maximum Gasteiger partial charge on any atom is 0.118 e. The molecule has 0 amide bonds. The van der Waals surface area contributed by atoms with Crippen LogP contribution in [0, 0.1) is 17.4 Å². The second kappa shape index (κ2) is 5.14. The first-order chi connectivity index (χ1) is 7.66.